The van der Waals surface area contributed by atoms with Crippen LogP contribution in [0, 0.1) is 5.92 Å². The molecule has 1 saturated carbocycles. The maximum atomic E-state index is 11.9. The molecule has 1 aliphatic carbocycles. The molecule has 0 aliphatic heterocycles. The number of alkyl carbamates (subject to hydrolysis) is 1. The standard InChI is InChI=1S/C13H23NO6S/c1-12(2,3)20-11(18)14-13(9(7-15)10(16)17)5-8(6-13)21-19-4/h8-9,15H,5-7H2,1-4H3,(H,14,18)(H,16,17). The molecular weight excluding hydrogens is 298 g/mol. The molecule has 1 unspecified atom stereocenters. The van der Waals surface area contributed by atoms with Crippen LogP contribution in [0.15, 0.2) is 0 Å². The third-order valence-corrected chi connectivity index (χ3v) is 4.11. The number of nitrogens with one attached hydrogen (secondary N) is 1. The normalized spacial score (nSPS) is 26.6. The number of carboxylic acid groups (broad SMARTS) is 1. The summed E-state index contributed by atoms with van der Waals surface area (Å²) in [6, 6.07) is 0. The summed E-state index contributed by atoms with van der Waals surface area (Å²) in [5, 5.41) is 21.3. The maximum Gasteiger partial charge on any atom is 0.408 e. The van der Waals surface area contributed by atoms with Crippen LogP contribution in [0.2, 0.25) is 0 Å². The van der Waals surface area contributed by atoms with Gasteiger partial charge in [0.05, 0.1) is 19.3 Å². The Hall–Kier alpha value is -0.990. The minimum atomic E-state index is -1.14. The fourth-order valence-corrected chi connectivity index (χ4v) is 3.43. The highest BCUT2D eigenvalue weighted by Gasteiger charge is 2.54. The second-order valence-electron chi connectivity index (χ2n) is 6.15. The average molecular weight is 321 g/mol. The molecule has 0 aromatic carbocycles. The molecule has 0 aromatic rings. The predicted molar refractivity (Wildman–Crippen MR) is 77.9 cm³/mol. The third-order valence-electron chi connectivity index (χ3n) is 3.31. The number of aliphatic carboxylic acids is 1. The van der Waals surface area contributed by atoms with E-state index >= 15 is 0 Å². The monoisotopic (exact) mass is 321 g/mol. The average Bonchev–Trinajstić information content (AvgIpc) is 2.24. The summed E-state index contributed by atoms with van der Waals surface area (Å²) >= 11 is 1.23. The van der Waals surface area contributed by atoms with E-state index in [1.54, 1.807) is 20.8 Å². The largest absolute Gasteiger partial charge is 0.481 e. The number of hydrogen-bond donors (Lipinski definition) is 3. The summed E-state index contributed by atoms with van der Waals surface area (Å²) in [6.45, 7) is 4.63. The Morgan fingerprint density at radius 3 is 2.38 bits per heavy atom. The maximum absolute atomic E-state index is 11.9. The molecule has 0 aromatic heterocycles. The van der Waals surface area contributed by atoms with Crippen LogP contribution >= 0.6 is 12.0 Å². The highest BCUT2D eigenvalue weighted by atomic mass is 32.2. The van der Waals surface area contributed by atoms with Crippen molar-refractivity contribution in [3.63, 3.8) is 0 Å². The van der Waals surface area contributed by atoms with Gasteiger partial charge >= 0.3 is 12.1 Å². The van der Waals surface area contributed by atoms with Crippen molar-refractivity contribution >= 4 is 24.1 Å². The van der Waals surface area contributed by atoms with E-state index < -0.39 is 35.7 Å². The lowest BCUT2D eigenvalue weighted by atomic mass is 9.67. The molecule has 8 heteroatoms. The number of rotatable bonds is 6. The van der Waals surface area contributed by atoms with E-state index in [0.29, 0.717) is 12.8 Å². The SMILES string of the molecule is COSC1CC(NC(=O)OC(C)(C)C)(C(CO)C(=O)O)C1. The third kappa shape index (κ3) is 4.76. The number of carboxylic acids is 1. The van der Waals surface area contributed by atoms with Gasteiger partial charge in [0.15, 0.2) is 0 Å². The lowest BCUT2D eigenvalue weighted by Crippen LogP contribution is -2.65. The topological polar surface area (TPSA) is 105 Å². The predicted octanol–water partition coefficient (Wildman–Crippen LogP) is 1.40. The second kappa shape index (κ2) is 6.85. The van der Waals surface area contributed by atoms with Crippen LogP contribution < -0.4 is 5.32 Å². The number of amides is 1. The minimum absolute atomic E-state index is 0.0818. The Morgan fingerprint density at radius 1 is 1.43 bits per heavy atom. The van der Waals surface area contributed by atoms with Gasteiger partial charge in [-0.25, -0.2) is 4.79 Å². The smallest absolute Gasteiger partial charge is 0.408 e. The molecule has 0 spiro atoms. The molecule has 7 nitrogen and oxygen atoms in total. The Kier molecular flexibility index (Phi) is 5.89. The minimum Gasteiger partial charge on any atom is -0.481 e. The lowest BCUT2D eigenvalue weighted by molar-refractivity contribution is -0.148. The molecule has 1 amide bonds. The number of hydrogen-bond acceptors (Lipinski definition) is 6. The van der Waals surface area contributed by atoms with Crippen molar-refractivity contribution in [1.29, 1.82) is 0 Å². The molecule has 0 heterocycles. The number of carbonyl (C=O) groups is 2. The molecular formula is C13H23NO6S. The van der Waals surface area contributed by atoms with Gasteiger partial charge < -0.3 is 24.4 Å². The summed E-state index contributed by atoms with van der Waals surface area (Å²) in [5.74, 6) is -2.21. The van der Waals surface area contributed by atoms with E-state index in [9.17, 15) is 19.8 Å². The number of aliphatic hydroxyl groups excluding tert-OH is 1. The van der Waals surface area contributed by atoms with Crippen molar-refractivity contribution in [3.05, 3.63) is 0 Å². The van der Waals surface area contributed by atoms with Crippen molar-refractivity contribution in [2.45, 2.75) is 50.0 Å². The first kappa shape index (κ1) is 18.1. The quantitative estimate of drug-likeness (QED) is 0.635. The van der Waals surface area contributed by atoms with Crippen LogP contribution in [0.25, 0.3) is 0 Å². The van der Waals surface area contributed by atoms with E-state index in [4.69, 9.17) is 8.92 Å². The van der Waals surface area contributed by atoms with Crippen LogP contribution in [0.3, 0.4) is 0 Å². The molecule has 1 aliphatic rings. The molecule has 0 bridgehead atoms. The molecule has 1 fully saturated rings. The summed E-state index contributed by atoms with van der Waals surface area (Å²) in [4.78, 5) is 23.2. The van der Waals surface area contributed by atoms with Crippen LogP contribution in [0.1, 0.15) is 33.6 Å². The van der Waals surface area contributed by atoms with Crippen LogP contribution in [0.5, 0.6) is 0 Å². The first-order chi connectivity index (χ1) is 9.63. The summed E-state index contributed by atoms with van der Waals surface area (Å²) < 4.78 is 10.1. The van der Waals surface area contributed by atoms with Crippen molar-refractivity contribution in [3.8, 4) is 0 Å². The Bertz CT molecular complexity index is 389. The first-order valence-corrected chi connectivity index (χ1v) is 7.48. The molecule has 1 atom stereocenters. The summed E-state index contributed by atoms with van der Waals surface area (Å²) in [6.07, 6.45) is 0.132. The Balaban J connectivity index is 2.80. The van der Waals surface area contributed by atoms with Gasteiger partial charge in [-0.3, -0.25) is 4.79 Å². The van der Waals surface area contributed by atoms with Gasteiger partial charge in [-0.1, -0.05) is 0 Å². The Morgan fingerprint density at radius 2 is 2.00 bits per heavy atom. The van der Waals surface area contributed by atoms with Gasteiger partial charge in [0.2, 0.25) is 0 Å². The second-order valence-corrected chi connectivity index (χ2v) is 7.34. The van der Waals surface area contributed by atoms with E-state index in [1.807, 2.05) is 0 Å². The molecule has 3 N–H and O–H groups in total. The molecule has 0 saturated heterocycles. The van der Waals surface area contributed by atoms with Crippen molar-refractivity contribution in [2.24, 2.45) is 5.92 Å². The highest BCUT2D eigenvalue weighted by Crippen LogP contribution is 2.45. The van der Waals surface area contributed by atoms with E-state index in [1.165, 1.54) is 19.2 Å². The lowest BCUT2D eigenvalue weighted by Gasteiger charge is -2.49. The molecule has 1 rings (SSSR count). The Labute approximate surface area is 128 Å². The van der Waals surface area contributed by atoms with Crippen LogP contribution in [0.4, 0.5) is 4.79 Å². The van der Waals surface area contributed by atoms with Gasteiger partial charge in [0.25, 0.3) is 0 Å². The molecule has 21 heavy (non-hydrogen) atoms. The zero-order chi connectivity index (χ0) is 16.3. The van der Waals surface area contributed by atoms with Crippen molar-refractivity contribution in [1.82, 2.24) is 5.32 Å². The van der Waals surface area contributed by atoms with E-state index in [0.717, 1.165) is 0 Å². The summed E-state index contributed by atoms with van der Waals surface area (Å²) in [5.41, 5.74) is -1.67. The van der Waals surface area contributed by atoms with Crippen molar-refractivity contribution < 1.29 is 28.7 Å². The first-order valence-electron chi connectivity index (χ1n) is 6.68. The zero-order valence-corrected chi connectivity index (χ0v) is 13.5. The summed E-state index contributed by atoms with van der Waals surface area (Å²) in [7, 11) is 1.53. The van der Waals surface area contributed by atoms with Gasteiger partial charge in [0.1, 0.15) is 11.5 Å². The van der Waals surface area contributed by atoms with E-state index in [2.05, 4.69) is 5.32 Å². The van der Waals surface area contributed by atoms with Crippen molar-refractivity contribution in [2.75, 3.05) is 13.7 Å². The van der Waals surface area contributed by atoms with E-state index in [-0.39, 0.29) is 5.25 Å². The molecule has 122 valence electrons. The highest BCUT2D eigenvalue weighted by molar-refractivity contribution is 7.95. The van der Waals surface area contributed by atoms with Gasteiger partial charge in [-0.2, -0.15) is 0 Å². The fraction of sp³-hybridized carbons (Fsp3) is 0.846. The van der Waals surface area contributed by atoms with Gasteiger partial charge in [0, 0.05) is 5.25 Å². The zero-order valence-electron chi connectivity index (χ0n) is 12.7. The number of aliphatic hydroxyl groups is 1. The van der Waals surface area contributed by atoms with Crippen LogP contribution in [-0.4, -0.2) is 52.4 Å². The van der Waals surface area contributed by atoms with Gasteiger partial charge in [-0.05, 0) is 45.7 Å². The fourth-order valence-electron chi connectivity index (χ4n) is 2.43. The number of carbonyl (C=O) groups excluding carboxylic acids is 1. The number of ether oxygens (including phenoxy) is 1. The molecule has 0 radical (unpaired) electrons. The van der Waals surface area contributed by atoms with Crippen LogP contribution in [-0.2, 0) is 13.7 Å². The van der Waals surface area contributed by atoms with Gasteiger partial charge in [-0.15, -0.1) is 0 Å².